The Bertz CT molecular complexity index is 636. The lowest BCUT2D eigenvalue weighted by atomic mass is 10.1. The maximum atomic E-state index is 11.3. The highest BCUT2D eigenvalue weighted by Gasteiger charge is 2.05. The third-order valence-electron chi connectivity index (χ3n) is 2.76. The van der Waals surface area contributed by atoms with Crippen molar-refractivity contribution >= 4 is 17.7 Å². The Hall–Kier alpha value is -2.75. The third-order valence-corrected chi connectivity index (χ3v) is 2.76. The van der Waals surface area contributed by atoms with E-state index >= 15 is 0 Å². The van der Waals surface area contributed by atoms with Crippen LogP contribution in [-0.2, 0) is 9.53 Å². The highest BCUT2D eigenvalue weighted by Crippen LogP contribution is 2.30. The van der Waals surface area contributed by atoms with E-state index in [1.54, 1.807) is 19.1 Å². The molecule has 4 heteroatoms. The SMILES string of the molecule is CCOC(=O)/C=C/c1cccc(Oc2ccccc2)c1N. The molecule has 2 aromatic rings. The molecule has 0 spiro atoms. The molecule has 2 rings (SSSR count). The van der Waals surface area contributed by atoms with Gasteiger partial charge in [0.2, 0.25) is 0 Å². The van der Waals surface area contributed by atoms with E-state index in [0.29, 0.717) is 29.4 Å². The van der Waals surface area contributed by atoms with Gasteiger partial charge >= 0.3 is 5.97 Å². The van der Waals surface area contributed by atoms with E-state index in [0.717, 1.165) is 0 Å². The average molecular weight is 283 g/mol. The van der Waals surface area contributed by atoms with E-state index in [-0.39, 0.29) is 0 Å². The summed E-state index contributed by atoms with van der Waals surface area (Å²) in [5.41, 5.74) is 7.24. The molecule has 0 fully saturated rings. The van der Waals surface area contributed by atoms with Gasteiger partial charge in [0.05, 0.1) is 12.3 Å². The maximum absolute atomic E-state index is 11.3. The summed E-state index contributed by atoms with van der Waals surface area (Å²) in [5.74, 6) is 0.856. The van der Waals surface area contributed by atoms with Gasteiger partial charge in [0, 0.05) is 11.6 Å². The number of hydrogen-bond donors (Lipinski definition) is 1. The van der Waals surface area contributed by atoms with Gasteiger partial charge in [-0.15, -0.1) is 0 Å². The van der Waals surface area contributed by atoms with Crippen LogP contribution in [0.3, 0.4) is 0 Å². The second kappa shape index (κ2) is 7.14. The Morgan fingerprint density at radius 2 is 1.90 bits per heavy atom. The lowest BCUT2D eigenvalue weighted by Gasteiger charge is -2.10. The number of nitrogen functional groups attached to an aromatic ring is 1. The van der Waals surface area contributed by atoms with Crippen molar-refractivity contribution in [1.29, 1.82) is 0 Å². The number of carbonyl (C=O) groups is 1. The van der Waals surface area contributed by atoms with Gasteiger partial charge in [-0.2, -0.15) is 0 Å². The zero-order valence-electron chi connectivity index (χ0n) is 11.8. The molecule has 0 saturated carbocycles. The largest absolute Gasteiger partial charge is 0.463 e. The number of anilines is 1. The van der Waals surface area contributed by atoms with Crippen LogP contribution in [0.2, 0.25) is 0 Å². The molecular formula is C17H17NO3. The molecule has 0 unspecified atom stereocenters. The van der Waals surface area contributed by atoms with E-state index < -0.39 is 5.97 Å². The highest BCUT2D eigenvalue weighted by atomic mass is 16.5. The molecule has 0 aliphatic carbocycles. The molecule has 0 aromatic heterocycles. The van der Waals surface area contributed by atoms with Crippen molar-refractivity contribution in [3.8, 4) is 11.5 Å². The van der Waals surface area contributed by atoms with Crippen molar-refractivity contribution in [2.75, 3.05) is 12.3 Å². The average Bonchev–Trinajstić information content (AvgIpc) is 2.49. The van der Waals surface area contributed by atoms with Gasteiger partial charge in [-0.05, 0) is 31.2 Å². The quantitative estimate of drug-likeness (QED) is 0.517. The molecule has 0 bridgehead atoms. The van der Waals surface area contributed by atoms with Crippen molar-refractivity contribution in [3.05, 3.63) is 60.2 Å². The smallest absolute Gasteiger partial charge is 0.330 e. The van der Waals surface area contributed by atoms with Crippen LogP contribution in [0.15, 0.2) is 54.6 Å². The number of rotatable bonds is 5. The van der Waals surface area contributed by atoms with Crippen molar-refractivity contribution in [2.45, 2.75) is 6.92 Å². The maximum Gasteiger partial charge on any atom is 0.330 e. The first kappa shape index (κ1) is 14.7. The third kappa shape index (κ3) is 4.11. The first-order valence-electron chi connectivity index (χ1n) is 6.67. The van der Waals surface area contributed by atoms with Gasteiger partial charge in [-0.3, -0.25) is 0 Å². The summed E-state index contributed by atoms with van der Waals surface area (Å²) < 4.78 is 10.6. The monoisotopic (exact) mass is 283 g/mol. The van der Waals surface area contributed by atoms with E-state index in [1.165, 1.54) is 6.08 Å². The Morgan fingerprint density at radius 3 is 2.62 bits per heavy atom. The zero-order chi connectivity index (χ0) is 15.1. The molecular weight excluding hydrogens is 266 g/mol. The highest BCUT2D eigenvalue weighted by molar-refractivity contribution is 5.88. The first-order chi connectivity index (χ1) is 10.2. The number of ether oxygens (including phenoxy) is 2. The first-order valence-corrected chi connectivity index (χ1v) is 6.67. The number of nitrogens with two attached hydrogens (primary N) is 1. The summed E-state index contributed by atoms with van der Waals surface area (Å²) in [6.45, 7) is 2.10. The Morgan fingerprint density at radius 1 is 1.14 bits per heavy atom. The van der Waals surface area contributed by atoms with Crippen LogP contribution in [0, 0.1) is 0 Å². The second-order valence-corrected chi connectivity index (χ2v) is 4.26. The van der Waals surface area contributed by atoms with Crippen LogP contribution in [0.25, 0.3) is 6.08 Å². The predicted molar refractivity (Wildman–Crippen MR) is 83.0 cm³/mol. The molecule has 2 N–H and O–H groups in total. The summed E-state index contributed by atoms with van der Waals surface area (Å²) >= 11 is 0. The minimum Gasteiger partial charge on any atom is -0.463 e. The summed E-state index contributed by atoms with van der Waals surface area (Å²) in [6, 6.07) is 14.8. The van der Waals surface area contributed by atoms with Gasteiger partial charge in [0.15, 0.2) is 5.75 Å². The Balaban J connectivity index is 2.18. The molecule has 0 aliphatic rings. The van der Waals surface area contributed by atoms with Gasteiger partial charge in [0.1, 0.15) is 5.75 Å². The molecule has 0 saturated heterocycles. The second-order valence-electron chi connectivity index (χ2n) is 4.26. The number of carbonyl (C=O) groups excluding carboxylic acids is 1. The molecule has 2 aromatic carbocycles. The molecule has 4 nitrogen and oxygen atoms in total. The fourth-order valence-electron chi connectivity index (χ4n) is 1.76. The minimum absolute atomic E-state index is 0.343. The fraction of sp³-hybridized carbons (Fsp3) is 0.118. The van der Waals surface area contributed by atoms with Crippen LogP contribution in [0.5, 0.6) is 11.5 Å². The lowest BCUT2D eigenvalue weighted by molar-refractivity contribution is -0.137. The van der Waals surface area contributed by atoms with E-state index in [1.807, 2.05) is 42.5 Å². The van der Waals surface area contributed by atoms with Crippen molar-refractivity contribution in [3.63, 3.8) is 0 Å². The van der Waals surface area contributed by atoms with Crippen LogP contribution < -0.4 is 10.5 Å². The number of para-hydroxylation sites is 2. The molecule has 0 radical (unpaired) electrons. The molecule has 0 aliphatic heterocycles. The normalized spacial score (nSPS) is 10.5. The molecule has 0 amide bonds. The van der Waals surface area contributed by atoms with Crippen molar-refractivity contribution in [2.24, 2.45) is 0 Å². The van der Waals surface area contributed by atoms with Crippen LogP contribution >= 0.6 is 0 Å². The summed E-state index contributed by atoms with van der Waals surface area (Å²) in [5, 5.41) is 0. The predicted octanol–water partition coefficient (Wildman–Crippen LogP) is 3.64. The molecule has 21 heavy (non-hydrogen) atoms. The summed E-state index contributed by atoms with van der Waals surface area (Å²) in [4.78, 5) is 11.3. The number of benzene rings is 2. The summed E-state index contributed by atoms with van der Waals surface area (Å²) in [6.07, 6.45) is 2.96. The molecule has 108 valence electrons. The minimum atomic E-state index is -0.397. The Kier molecular flexibility index (Phi) is 4.99. The standard InChI is InChI=1S/C17H17NO3/c1-2-20-16(19)12-11-13-7-6-10-15(17(13)18)21-14-8-4-3-5-9-14/h3-12H,2,18H2,1H3/b12-11+. The van der Waals surface area contributed by atoms with Gasteiger partial charge in [-0.1, -0.05) is 30.3 Å². The molecule has 0 atom stereocenters. The van der Waals surface area contributed by atoms with Crippen LogP contribution in [0.4, 0.5) is 5.69 Å². The zero-order valence-corrected chi connectivity index (χ0v) is 11.8. The summed E-state index contributed by atoms with van der Waals surface area (Å²) in [7, 11) is 0. The van der Waals surface area contributed by atoms with Crippen LogP contribution in [-0.4, -0.2) is 12.6 Å². The van der Waals surface area contributed by atoms with E-state index in [2.05, 4.69) is 0 Å². The van der Waals surface area contributed by atoms with Gasteiger partial charge in [0.25, 0.3) is 0 Å². The van der Waals surface area contributed by atoms with E-state index in [9.17, 15) is 4.79 Å². The van der Waals surface area contributed by atoms with Gasteiger partial charge in [-0.25, -0.2) is 4.79 Å². The van der Waals surface area contributed by atoms with Crippen molar-refractivity contribution < 1.29 is 14.3 Å². The van der Waals surface area contributed by atoms with Gasteiger partial charge < -0.3 is 15.2 Å². The Labute approximate surface area is 123 Å². The number of hydrogen-bond acceptors (Lipinski definition) is 4. The van der Waals surface area contributed by atoms with E-state index in [4.69, 9.17) is 15.2 Å². The lowest BCUT2D eigenvalue weighted by Crippen LogP contribution is -1.99. The fourth-order valence-corrected chi connectivity index (χ4v) is 1.76. The number of esters is 1. The molecule has 0 heterocycles. The van der Waals surface area contributed by atoms with Crippen LogP contribution in [0.1, 0.15) is 12.5 Å². The van der Waals surface area contributed by atoms with Crippen molar-refractivity contribution in [1.82, 2.24) is 0 Å². The topological polar surface area (TPSA) is 61.5 Å².